The fourth-order valence-electron chi connectivity index (χ4n) is 3.23. The second-order valence-corrected chi connectivity index (χ2v) is 6.88. The molecule has 1 aromatic carbocycles. The summed E-state index contributed by atoms with van der Waals surface area (Å²) in [6, 6.07) is 12.2. The maximum atomic E-state index is 12.6. The highest BCUT2D eigenvalue weighted by Gasteiger charge is 2.24. The number of hydrogen-bond donors (Lipinski definition) is 0. The van der Waals surface area contributed by atoms with Crippen LogP contribution in [-0.2, 0) is 13.0 Å². The zero-order chi connectivity index (χ0) is 18.4. The lowest BCUT2D eigenvalue weighted by molar-refractivity contribution is 0.0633. The van der Waals surface area contributed by atoms with E-state index in [4.69, 9.17) is 4.52 Å². The van der Waals surface area contributed by atoms with Crippen LogP contribution in [-0.4, -0.2) is 72.1 Å². The standard InChI is InChI=1S/C20H28N4O2/c1-3-23-11-13-24(14-12-23)20(25)19-15-18(26-21-19)16-22(2)10-9-17-7-5-4-6-8-17/h4-8,15H,3,9-14,16H2,1-2H3. The van der Waals surface area contributed by atoms with Crippen LogP contribution in [0.25, 0.3) is 0 Å². The number of aromatic nitrogens is 1. The normalized spacial score (nSPS) is 15.6. The minimum atomic E-state index is -0.0253. The highest BCUT2D eigenvalue weighted by atomic mass is 16.5. The molecule has 2 aromatic rings. The third kappa shape index (κ3) is 4.93. The van der Waals surface area contributed by atoms with Crippen molar-refractivity contribution in [1.29, 1.82) is 0 Å². The highest BCUT2D eigenvalue weighted by molar-refractivity contribution is 5.92. The van der Waals surface area contributed by atoms with Crippen molar-refractivity contribution in [1.82, 2.24) is 19.9 Å². The number of nitrogens with zero attached hydrogens (tertiary/aromatic N) is 4. The summed E-state index contributed by atoms with van der Waals surface area (Å²) in [4.78, 5) is 19.0. The van der Waals surface area contributed by atoms with Crippen molar-refractivity contribution >= 4 is 5.91 Å². The molecule has 1 amide bonds. The number of carbonyl (C=O) groups is 1. The van der Waals surface area contributed by atoms with Gasteiger partial charge in [-0.2, -0.15) is 0 Å². The predicted molar refractivity (Wildman–Crippen MR) is 101 cm³/mol. The molecule has 3 rings (SSSR count). The first-order valence-corrected chi connectivity index (χ1v) is 9.35. The number of hydrogen-bond acceptors (Lipinski definition) is 5. The van der Waals surface area contributed by atoms with E-state index in [1.54, 1.807) is 6.07 Å². The third-order valence-corrected chi connectivity index (χ3v) is 4.94. The smallest absolute Gasteiger partial charge is 0.276 e. The fraction of sp³-hybridized carbons (Fsp3) is 0.500. The summed E-state index contributed by atoms with van der Waals surface area (Å²) in [7, 11) is 2.05. The van der Waals surface area contributed by atoms with Crippen LogP contribution in [0.2, 0.25) is 0 Å². The zero-order valence-electron chi connectivity index (χ0n) is 15.7. The molecule has 1 fully saturated rings. The summed E-state index contributed by atoms with van der Waals surface area (Å²) in [5, 5.41) is 4.00. The van der Waals surface area contributed by atoms with Gasteiger partial charge in [0.05, 0.1) is 6.54 Å². The molecular weight excluding hydrogens is 328 g/mol. The number of piperazine rings is 1. The van der Waals surface area contributed by atoms with Crippen LogP contribution in [0.4, 0.5) is 0 Å². The Morgan fingerprint density at radius 1 is 1.19 bits per heavy atom. The molecule has 0 N–H and O–H groups in total. The van der Waals surface area contributed by atoms with Crippen LogP contribution in [0.15, 0.2) is 40.9 Å². The Kier molecular flexibility index (Phi) is 6.41. The van der Waals surface area contributed by atoms with Crippen LogP contribution in [0.3, 0.4) is 0 Å². The molecular formula is C20H28N4O2. The Bertz CT molecular complexity index is 693. The van der Waals surface area contributed by atoms with E-state index >= 15 is 0 Å². The Labute approximate surface area is 155 Å². The summed E-state index contributed by atoms with van der Waals surface area (Å²) in [5.74, 6) is 0.707. The zero-order valence-corrected chi connectivity index (χ0v) is 15.7. The maximum absolute atomic E-state index is 12.6. The Morgan fingerprint density at radius 3 is 2.62 bits per heavy atom. The summed E-state index contributed by atoms with van der Waals surface area (Å²) in [5.41, 5.74) is 1.74. The van der Waals surface area contributed by atoms with Crippen LogP contribution >= 0.6 is 0 Å². The first kappa shape index (κ1) is 18.6. The van der Waals surface area contributed by atoms with Crippen LogP contribution in [0.5, 0.6) is 0 Å². The fourth-order valence-corrected chi connectivity index (χ4v) is 3.23. The molecule has 1 aliphatic rings. The van der Waals surface area contributed by atoms with Gasteiger partial charge in [0.2, 0.25) is 0 Å². The lowest BCUT2D eigenvalue weighted by atomic mass is 10.1. The molecule has 6 heteroatoms. The largest absolute Gasteiger partial charge is 0.359 e. The minimum absolute atomic E-state index is 0.0253. The van der Waals surface area contributed by atoms with Gasteiger partial charge in [0.25, 0.3) is 5.91 Å². The van der Waals surface area contributed by atoms with Crippen LogP contribution in [0, 0.1) is 0 Å². The van der Waals surface area contributed by atoms with Crippen molar-refractivity contribution in [2.75, 3.05) is 46.3 Å². The predicted octanol–water partition coefficient (Wildman–Crippen LogP) is 2.13. The van der Waals surface area contributed by atoms with Crippen molar-refractivity contribution in [3.63, 3.8) is 0 Å². The molecule has 6 nitrogen and oxygen atoms in total. The Balaban J connectivity index is 1.48. The van der Waals surface area contributed by atoms with Crippen LogP contribution < -0.4 is 0 Å². The van der Waals surface area contributed by atoms with Crippen molar-refractivity contribution in [3.8, 4) is 0 Å². The molecule has 0 spiro atoms. The summed E-state index contributed by atoms with van der Waals surface area (Å²) < 4.78 is 5.39. The average Bonchev–Trinajstić information content (AvgIpc) is 3.15. The summed E-state index contributed by atoms with van der Waals surface area (Å²) in [6.45, 7) is 8.12. The number of carbonyl (C=O) groups excluding carboxylic acids is 1. The van der Waals surface area contributed by atoms with E-state index in [2.05, 4.69) is 53.2 Å². The lowest BCUT2D eigenvalue weighted by Gasteiger charge is -2.33. The highest BCUT2D eigenvalue weighted by Crippen LogP contribution is 2.12. The van der Waals surface area contributed by atoms with Gasteiger partial charge in [0, 0.05) is 38.8 Å². The van der Waals surface area contributed by atoms with E-state index in [0.717, 1.165) is 51.4 Å². The maximum Gasteiger partial charge on any atom is 0.276 e. The SMILES string of the molecule is CCN1CCN(C(=O)c2cc(CN(C)CCc3ccccc3)on2)CC1. The molecule has 0 saturated carbocycles. The average molecular weight is 356 g/mol. The molecule has 0 unspecified atom stereocenters. The van der Waals surface area contributed by atoms with Gasteiger partial charge in [-0.15, -0.1) is 0 Å². The second kappa shape index (κ2) is 8.96. The molecule has 0 bridgehead atoms. The quantitative estimate of drug-likeness (QED) is 0.761. The van der Waals surface area contributed by atoms with Crippen molar-refractivity contribution in [3.05, 3.63) is 53.4 Å². The van der Waals surface area contributed by atoms with Crippen molar-refractivity contribution in [2.24, 2.45) is 0 Å². The van der Waals surface area contributed by atoms with Gasteiger partial charge >= 0.3 is 0 Å². The number of amides is 1. The summed E-state index contributed by atoms with van der Waals surface area (Å²) in [6.07, 6.45) is 0.985. The van der Waals surface area contributed by atoms with Gasteiger partial charge in [-0.25, -0.2) is 0 Å². The topological polar surface area (TPSA) is 52.8 Å². The van der Waals surface area contributed by atoms with Gasteiger partial charge in [-0.1, -0.05) is 42.4 Å². The van der Waals surface area contributed by atoms with E-state index < -0.39 is 0 Å². The van der Waals surface area contributed by atoms with E-state index in [1.807, 2.05) is 11.0 Å². The van der Waals surface area contributed by atoms with E-state index in [9.17, 15) is 4.79 Å². The Morgan fingerprint density at radius 2 is 1.92 bits per heavy atom. The van der Waals surface area contributed by atoms with Gasteiger partial charge < -0.3 is 14.3 Å². The molecule has 0 atom stereocenters. The molecule has 0 radical (unpaired) electrons. The minimum Gasteiger partial charge on any atom is -0.359 e. The molecule has 140 valence electrons. The number of rotatable bonds is 7. The lowest BCUT2D eigenvalue weighted by Crippen LogP contribution is -2.48. The van der Waals surface area contributed by atoms with Crippen molar-refractivity contribution in [2.45, 2.75) is 19.9 Å². The van der Waals surface area contributed by atoms with Gasteiger partial charge in [0.1, 0.15) is 0 Å². The molecule has 0 aliphatic carbocycles. The van der Waals surface area contributed by atoms with Crippen molar-refractivity contribution < 1.29 is 9.32 Å². The van der Waals surface area contributed by atoms with E-state index in [-0.39, 0.29) is 5.91 Å². The number of benzene rings is 1. The molecule has 2 heterocycles. The Hall–Kier alpha value is -2.18. The van der Waals surface area contributed by atoms with Gasteiger partial charge in [-0.05, 0) is 25.6 Å². The third-order valence-electron chi connectivity index (χ3n) is 4.94. The summed E-state index contributed by atoms with van der Waals surface area (Å²) >= 11 is 0. The molecule has 1 aromatic heterocycles. The second-order valence-electron chi connectivity index (χ2n) is 6.88. The monoisotopic (exact) mass is 356 g/mol. The van der Waals surface area contributed by atoms with E-state index in [0.29, 0.717) is 12.2 Å². The molecule has 26 heavy (non-hydrogen) atoms. The van der Waals surface area contributed by atoms with Gasteiger partial charge in [0.15, 0.2) is 11.5 Å². The number of likely N-dealkylation sites (N-methyl/N-ethyl adjacent to an activating group) is 2. The first-order chi connectivity index (χ1) is 12.7. The molecule has 1 saturated heterocycles. The van der Waals surface area contributed by atoms with Crippen LogP contribution in [0.1, 0.15) is 28.7 Å². The first-order valence-electron chi connectivity index (χ1n) is 9.35. The molecule has 1 aliphatic heterocycles. The van der Waals surface area contributed by atoms with Gasteiger partial charge in [-0.3, -0.25) is 9.69 Å². The van der Waals surface area contributed by atoms with E-state index in [1.165, 1.54) is 5.56 Å².